The number of ketones is 2. The summed E-state index contributed by atoms with van der Waals surface area (Å²) in [6.07, 6.45) is 0. The average Bonchev–Trinajstić information content (AvgIpc) is 2.74. The first-order valence-corrected chi connectivity index (χ1v) is 7.88. The number of benzene rings is 1. The van der Waals surface area contributed by atoms with E-state index in [0.29, 0.717) is 21.6 Å². The number of fused-ring (bicyclic) bond motifs is 2. The summed E-state index contributed by atoms with van der Waals surface area (Å²) in [5.41, 5.74) is 6.93. The molecule has 1 aliphatic carbocycles. The van der Waals surface area contributed by atoms with E-state index in [1.807, 2.05) is 41.5 Å². The van der Waals surface area contributed by atoms with Gasteiger partial charge in [0, 0.05) is 21.6 Å². The third kappa shape index (κ3) is 1.64. The molecule has 108 valence electrons. The molecular weight excluding hydrogens is 280 g/mol. The Balaban J connectivity index is 2.47. The minimum atomic E-state index is 0.0181. The zero-order chi connectivity index (χ0) is 15.6. The number of aryl methyl sites for hydroxylation is 1. The molecule has 1 aromatic carbocycles. The Morgan fingerprint density at radius 1 is 0.571 bits per heavy atom. The van der Waals surface area contributed by atoms with Crippen LogP contribution in [0.4, 0.5) is 0 Å². The zero-order valence-corrected chi connectivity index (χ0v) is 14.0. The summed E-state index contributed by atoms with van der Waals surface area (Å²) in [7, 11) is 0. The minimum absolute atomic E-state index is 0.0181. The smallest absolute Gasteiger partial charge is 0.204 e. The van der Waals surface area contributed by atoms with Gasteiger partial charge in [0.05, 0.1) is 4.88 Å². The van der Waals surface area contributed by atoms with Gasteiger partial charge in [-0.2, -0.15) is 0 Å². The second-order valence-corrected chi connectivity index (χ2v) is 7.12. The first-order valence-electron chi connectivity index (χ1n) is 7.07. The molecule has 0 bridgehead atoms. The number of rotatable bonds is 0. The van der Waals surface area contributed by atoms with E-state index >= 15 is 0 Å². The highest BCUT2D eigenvalue weighted by Crippen LogP contribution is 2.40. The number of hydrogen-bond donors (Lipinski definition) is 0. The predicted molar refractivity (Wildman–Crippen MR) is 86.0 cm³/mol. The molecule has 0 radical (unpaired) electrons. The lowest BCUT2D eigenvalue weighted by molar-refractivity contribution is 0.0980. The Morgan fingerprint density at radius 2 is 1.05 bits per heavy atom. The van der Waals surface area contributed by atoms with E-state index in [9.17, 15) is 9.59 Å². The Morgan fingerprint density at radius 3 is 1.57 bits per heavy atom. The van der Waals surface area contributed by atoms with Gasteiger partial charge in [-0.3, -0.25) is 9.59 Å². The fraction of sp³-hybridized carbons (Fsp3) is 0.333. The van der Waals surface area contributed by atoms with Crippen molar-refractivity contribution in [2.24, 2.45) is 0 Å². The highest BCUT2D eigenvalue weighted by molar-refractivity contribution is 7.15. The van der Waals surface area contributed by atoms with E-state index in [-0.39, 0.29) is 11.6 Å². The largest absolute Gasteiger partial charge is 0.289 e. The summed E-state index contributed by atoms with van der Waals surface area (Å²) < 4.78 is 0. The molecule has 3 rings (SSSR count). The predicted octanol–water partition coefficient (Wildman–Crippen LogP) is 4.37. The monoisotopic (exact) mass is 298 g/mol. The third-order valence-electron chi connectivity index (χ3n) is 4.96. The molecule has 0 N–H and O–H groups in total. The number of carbonyl (C=O) groups is 2. The molecule has 0 fully saturated rings. The quantitative estimate of drug-likeness (QED) is 0.617. The Kier molecular flexibility index (Phi) is 2.96. The van der Waals surface area contributed by atoms with Gasteiger partial charge in [0.15, 0.2) is 5.78 Å². The van der Waals surface area contributed by atoms with Gasteiger partial charge in [-0.1, -0.05) is 0 Å². The van der Waals surface area contributed by atoms with Gasteiger partial charge in [0.25, 0.3) is 0 Å². The van der Waals surface area contributed by atoms with Crippen LogP contribution in [0.25, 0.3) is 0 Å². The van der Waals surface area contributed by atoms with Gasteiger partial charge in [-0.05, 0) is 69.4 Å². The van der Waals surface area contributed by atoms with E-state index in [2.05, 4.69) is 0 Å². The standard InChI is InChI=1S/C18H18O2S/c1-7-8(2)10(4)14-13(9(7)3)16(19)15-11(5)12(6)21-18(15)17(14)20/h1-6H3. The highest BCUT2D eigenvalue weighted by Gasteiger charge is 2.36. The van der Waals surface area contributed by atoms with Gasteiger partial charge in [0.2, 0.25) is 5.78 Å². The van der Waals surface area contributed by atoms with Crippen molar-refractivity contribution < 1.29 is 9.59 Å². The SMILES string of the molecule is Cc1sc2c(c1C)C(=O)c1c(C)c(C)c(C)c(C)c1C2=O. The summed E-state index contributed by atoms with van der Waals surface area (Å²) in [6.45, 7) is 11.9. The summed E-state index contributed by atoms with van der Waals surface area (Å²) >= 11 is 1.45. The Labute approximate surface area is 128 Å². The number of hydrogen-bond acceptors (Lipinski definition) is 3. The van der Waals surface area contributed by atoms with E-state index < -0.39 is 0 Å². The maximum Gasteiger partial charge on any atom is 0.204 e. The molecule has 2 nitrogen and oxygen atoms in total. The molecule has 0 unspecified atom stereocenters. The van der Waals surface area contributed by atoms with Crippen molar-refractivity contribution in [3.63, 3.8) is 0 Å². The maximum atomic E-state index is 13.0. The summed E-state index contributed by atoms with van der Waals surface area (Å²) in [5.74, 6) is 0.0367. The molecule has 0 saturated heterocycles. The molecule has 1 heterocycles. The summed E-state index contributed by atoms with van der Waals surface area (Å²) in [5, 5.41) is 0. The number of carbonyl (C=O) groups excluding carboxylic acids is 2. The molecule has 1 aliphatic rings. The van der Waals surface area contributed by atoms with Crippen LogP contribution < -0.4 is 0 Å². The van der Waals surface area contributed by atoms with Crippen molar-refractivity contribution in [1.82, 2.24) is 0 Å². The number of thiophene rings is 1. The molecule has 0 atom stereocenters. The van der Waals surface area contributed by atoms with Crippen LogP contribution in [0, 0.1) is 41.5 Å². The molecule has 0 amide bonds. The lowest BCUT2D eigenvalue weighted by atomic mass is 9.79. The van der Waals surface area contributed by atoms with Crippen molar-refractivity contribution in [3.8, 4) is 0 Å². The molecule has 3 heteroatoms. The average molecular weight is 298 g/mol. The van der Waals surface area contributed by atoms with E-state index in [1.54, 1.807) is 0 Å². The first kappa shape index (κ1) is 14.2. The van der Waals surface area contributed by atoms with Crippen LogP contribution >= 0.6 is 11.3 Å². The maximum absolute atomic E-state index is 13.0. The van der Waals surface area contributed by atoms with Crippen LogP contribution in [0.3, 0.4) is 0 Å². The highest BCUT2D eigenvalue weighted by atomic mass is 32.1. The normalized spacial score (nSPS) is 13.4. The third-order valence-corrected chi connectivity index (χ3v) is 6.17. The van der Waals surface area contributed by atoms with E-state index in [4.69, 9.17) is 0 Å². The van der Waals surface area contributed by atoms with Crippen molar-refractivity contribution >= 4 is 22.9 Å². The summed E-state index contributed by atoms with van der Waals surface area (Å²) in [6, 6.07) is 0. The Bertz CT molecular complexity index is 838. The second-order valence-electron chi connectivity index (χ2n) is 5.90. The first-order chi connectivity index (χ1) is 9.77. The van der Waals surface area contributed by atoms with Crippen LogP contribution in [-0.4, -0.2) is 11.6 Å². The Hall–Kier alpha value is -1.74. The van der Waals surface area contributed by atoms with Crippen molar-refractivity contribution in [3.05, 3.63) is 54.3 Å². The van der Waals surface area contributed by atoms with Gasteiger partial charge >= 0.3 is 0 Å². The molecule has 0 aliphatic heterocycles. The van der Waals surface area contributed by atoms with Crippen LogP contribution in [0.15, 0.2) is 0 Å². The van der Waals surface area contributed by atoms with Crippen LogP contribution in [0.5, 0.6) is 0 Å². The van der Waals surface area contributed by atoms with Gasteiger partial charge < -0.3 is 0 Å². The van der Waals surface area contributed by atoms with Crippen LogP contribution in [0.1, 0.15) is 63.9 Å². The summed E-state index contributed by atoms with van der Waals surface area (Å²) in [4.78, 5) is 27.6. The fourth-order valence-corrected chi connectivity index (χ4v) is 4.28. The zero-order valence-electron chi connectivity index (χ0n) is 13.2. The molecule has 0 saturated carbocycles. The molecule has 2 aromatic rings. The van der Waals surface area contributed by atoms with Crippen LogP contribution in [0.2, 0.25) is 0 Å². The van der Waals surface area contributed by atoms with Crippen LogP contribution in [-0.2, 0) is 0 Å². The van der Waals surface area contributed by atoms with Gasteiger partial charge in [0.1, 0.15) is 0 Å². The van der Waals surface area contributed by atoms with Crippen molar-refractivity contribution in [2.45, 2.75) is 41.5 Å². The van der Waals surface area contributed by atoms with E-state index in [0.717, 1.165) is 32.7 Å². The molecule has 0 spiro atoms. The van der Waals surface area contributed by atoms with Gasteiger partial charge in [-0.25, -0.2) is 0 Å². The minimum Gasteiger partial charge on any atom is -0.289 e. The lowest BCUT2D eigenvalue weighted by Gasteiger charge is -2.23. The van der Waals surface area contributed by atoms with Gasteiger partial charge in [-0.15, -0.1) is 11.3 Å². The fourth-order valence-electron chi connectivity index (χ4n) is 3.18. The topological polar surface area (TPSA) is 34.1 Å². The van der Waals surface area contributed by atoms with Crippen molar-refractivity contribution in [2.75, 3.05) is 0 Å². The molecule has 1 aromatic heterocycles. The lowest BCUT2D eigenvalue weighted by Crippen LogP contribution is -2.23. The van der Waals surface area contributed by atoms with E-state index in [1.165, 1.54) is 11.3 Å². The molecular formula is C18H18O2S. The molecule has 21 heavy (non-hydrogen) atoms. The van der Waals surface area contributed by atoms with Crippen molar-refractivity contribution in [1.29, 1.82) is 0 Å². The second kappa shape index (κ2) is 4.38.